The number of nitrogens with one attached hydrogen (secondary N) is 1. The van der Waals surface area contributed by atoms with Crippen molar-refractivity contribution in [3.8, 4) is 0 Å². The highest BCUT2D eigenvalue weighted by molar-refractivity contribution is 6.07. The summed E-state index contributed by atoms with van der Waals surface area (Å²) in [4.78, 5) is 40.8. The molecule has 0 aliphatic carbocycles. The summed E-state index contributed by atoms with van der Waals surface area (Å²) < 4.78 is 54.9. The molecule has 1 aliphatic rings. The quantitative estimate of drug-likeness (QED) is 0.272. The molecule has 1 aliphatic heterocycles. The van der Waals surface area contributed by atoms with Crippen molar-refractivity contribution in [1.82, 2.24) is 4.90 Å². The van der Waals surface area contributed by atoms with Gasteiger partial charge in [-0.05, 0) is 86.6 Å². The lowest BCUT2D eigenvalue weighted by Gasteiger charge is -2.33. The van der Waals surface area contributed by atoms with E-state index in [0.717, 1.165) is 11.0 Å². The fraction of sp³-hybridized carbons (Fsp3) is 0.300. The molecule has 0 spiro atoms. The van der Waals surface area contributed by atoms with Crippen molar-refractivity contribution in [2.75, 3.05) is 36.4 Å². The number of nitrogens with zero attached hydrogens (tertiary/aromatic N) is 2. The van der Waals surface area contributed by atoms with Crippen molar-refractivity contribution in [3.05, 3.63) is 95.3 Å². The van der Waals surface area contributed by atoms with Crippen LogP contribution in [-0.4, -0.2) is 48.7 Å². The van der Waals surface area contributed by atoms with Crippen LogP contribution in [-0.2, 0) is 11.0 Å². The van der Waals surface area contributed by atoms with E-state index in [2.05, 4.69) is 5.32 Å². The van der Waals surface area contributed by atoms with Gasteiger partial charge in [0.25, 0.3) is 5.91 Å². The van der Waals surface area contributed by atoms with Crippen molar-refractivity contribution in [2.24, 2.45) is 5.92 Å². The third kappa shape index (κ3) is 7.12. The van der Waals surface area contributed by atoms with Gasteiger partial charge in [-0.3, -0.25) is 14.4 Å². The first-order valence-corrected chi connectivity index (χ1v) is 12.9. The van der Waals surface area contributed by atoms with Gasteiger partial charge in [0.1, 0.15) is 5.82 Å². The van der Waals surface area contributed by atoms with Gasteiger partial charge >= 0.3 is 6.18 Å². The highest BCUT2D eigenvalue weighted by Crippen LogP contribution is 2.37. The summed E-state index contributed by atoms with van der Waals surface area (Å²) in [6.07, 6.45) is -3.56. The first-order valence-electron chi connectivity index (χ1n) is 12.9. The highest BCUT2D eigenvalue weighted by Gasteiger charge is 2.36. The van der Waals surface area contributed by atoms with Crippen molar-refractivity contribution in [3.63, 3.8) is 0 Å². The zero-order valence-electron chi connectivity index (χ0n) is 21.9. The second-order valence-electron chi connectivity index (χ2n) is 9.72. The van der Waals surface area contributed by atoms with Crippen molar-refractivity contribution < 1.29 is 31.9 Å². The Balaban J connectivity index is 1.49. The average molecular weight is 556 g/mol. The van der Waals surface area contributed by atoms with Gasteiger partial charge in [0.2, 0.25) is 5.91 Å². The molecule has 1 heterocycles. The number of rotatable bonds is 8. The zero-order chi connectivity index (χ0) is 28.9. The molecule has 210 valence electrons. The summed E-state index contributed by atoms with van der Waals surface area (Å²) in [5, 5.41) is 2.59. The molecule has 3 aromatic rings. The Morgan fingerprint density at radius 1 is 0.900 bits per heavy atom. The van der Waals surface area contributed by atoms with Gasteiger partial charge in [-0.1, -0.05) is 12.1 Å². The van der Waals surface area contributed by atoms with Crippen LogP contribution in [0.3, 0.4) is 0 Å². The third-order valence-electron chi connectivity index (χ3n) is 6.92. The van der Waals surface area contributed by atoms with Crippen molar-refractivity contribution in [2.45, 2.75) is 25.9 Å². The number of amides is 2. The Kier molecular flexibility index (Phi) is 8.99. The number of likely N-dealkylation sites (tertiary alicyclic amines) is 1. The van der Waals surface area contributed by atoms with Crippen LogP contribution in [0.5, 0.6) is 0 Å². The van der Waals surface area contributed by atoms with E-state index in [0.29, 0.717) is 43.7 Å². The van der Waals surface area contributed by atoms with Gasteiger partial charge in [-0.25, -0.2) is 4.39 Å². The van der Waals surface area contributed by atoms with Gasteiger partial charge in [0.05, 0.1) is 11.3 Å². The molecule has 0 saturated carbocycles. The number of hydrogen-bond acceptors (Lipinski definition) is 4. The van der Waals surface area contributed by atoms with Crippen molar-refractivity contribution in [1.29, 1.82) is 0 Å². The predicted octanol–water partition coefficient (Wildman–Crippen LogP) is 6.04. The molecule has 4 rings (SSSR count). The second kappa shape index (κ2) is 12.4. The smallest absolute Gasteiger partial charge is 0.326 e. The van der Waals surface area contributed by atoms with E-state index in [9.17, 15) is 31.9 Å². The molecule has 0 unspecified atom stereocenters. The Morgan fingerprint density at radius 2 is 1.50 bits per heavy atom. The van der Waals surface area contributed by atoms with Gasteiger partial charge in [-0.2, -0.15) is 13.2 Å². The minimum atomic E-state index is -4.66. The first kappa shape index (κ1) is 28.9. The molecule has 1 N–H and O–H groups in total. The number of alkyl halides is 3. The largest absolute Gasteiger partial charge is 0.418 e. The van der Waals surface area contributed by atoms with Crippen LogP contribution >= 0.6 is 0 Å². The van der Waals surface area contributed by atoms with E-state index in [-0.39, 0.29) is 35.4 Å². The van der Waals surface area contributed by atoms with Gasteiger partial charge in [0.15, 0.2) is 5.78 Å². The van der Waals surface area contributed by atoms with Gasteiger partial charge < -0.3 is 15.1 Å². The Labute approximate surface area is 229 Å². The third-order valence-corrected chi connectivity index (χ3v) is 6.92. The molecule has 0 radical (unpaired) electrons. The lowest BCUT2D eigenvalue weighted by atomic mass is 9.89. The predicted molar refractivity (Wildman–Crippen MR) is 144 cm³/mol. The summed E-state index contributed by atoms with van der Waals surface area (Å²) in [5.74, 6) is -1.59. The number of anilines is 2. The van der Waals surface area contributed by atoms with Crippen LogP contribution in [0.2, 0.25) is 0 Å². The topological polar surface area (TPSA) is 69.7 Å². The Hall–Kier alpha value is -4.05. The van der Waals surface area contributed by atoms with Gasteiger partial charge in [0, 0.05) is 42.7 Å². The summed E-state index contributed by atoms with van der Waals surface area (Å²) in [7, 11) is 0. The Bertz CT molecular complexity index is 1350. The maximum absolute atomic E-state index is 13.9. The maximum atomic E-state index is 13.9. The average Bonchev–Trinajstić information content (AvgIpc) is 2.93. The number of hydrogen-bond donors (Lipinski definition) is 1. The fourth-order valence-electron chi connectivity index (χ4n) is 4.85. The van der Waals surface area contributed by atoms with Crippen LogP contribution in [0, 0.1) is 11.7 Å². The summed E-state index contributed by atoms with van der Waals surface area (Å²) in [5.41, 5.74) is -0.0712. The molecule has 1 saturated heterocycles. The van der Waals surface area contributed by atoms with Gasteiger partial charge in [-0.15, -0.1) is 0 Å². The lowest BCUT2D eigenvalue weighted by molar-refractivity contribution is -0.137. The summed E-state index contributed by atoms with van der Waals surface area (Å²) in [6.45, 7) is 2.71. The fourth-order valence-corrected chi connectivity index (χ4v) is 4.85. The molecule has 0 atom stereocenters. The van der Waals surface area contributed by atoms with Crippen LogP contribution < -0.4 is 10.2 Å². The normalized spacial score (nSPS) is 14.5. The molecular formula is C30H29F4N3O3. The number of Topliss-reactive ketones (excluding diaryl/α,β-unsaturated/α-hetero) is 1. The summed E-state index contributed by atoms with van der Waals surface area (Å²) in [6, 6.07) is 16.4. The maximum Gasteiger partial charge on any atom is 0.418 e. The monoisotopic (exact) mass is 555 g/mol. The van der Waals surface area contributed by atoms with E-state index < -0.39 is 23.5 Å². The molecule has 2 amide bonds. The number of carbonyl (C=O) groups is 3. The SMILES string of the molecule is CC(=O)Nc1ccc(C(=O)N(CCN2CCC(C(=O)c3ccc(F)cc3)CC2)c2ccccc2C(F)(F)F)cc1. The highest BCUT2D eigenvalue weighted by atomic mass is 19.4. The molecule has 0 aromatic heterocycles. The number of halogens is 4. The first-order chi connectivity index (χ1) is 19.0. The second-order valence-corrected chi connectivity index (χ2v) is 9.72. The van der Waals surface area contributed by atoms with Crippen molar-refractivity contribution >= 4 is 29.0 Å². The lowest BCUT2D eigenvalue weighted by Crippen LogP contribution is -2.43. The standard InChI is InChI=1S/C30H29F4N3O3/c1-20(38)35-25-12-8-23(9-13-25)29(40)37(27-5-3-2-4-26(27)30(32,33)34)19-18-36-16-14-22(15-17-36)28(39)21-6-10-24(31)11-7-21/h2-13,22H,14-19H2,1H3,(H,35,38). The Morgan fingerprint density at radius 3 is 2.10 bits per heavy atom. The van der Waals surface area contributed by atoms with E-state index in [1.54, 1.807) is 0 Å². The molecular weight excluding hydrogens is 526 g/mol. The molecule has 40 heavy (non-hydrogen) atoms. The van der Waals surface area contributed by atoms with Crippen LogP contribution in [0.25, 0.3) is 0 Å². The number of ketones is 1. The van der Waals surface area contributed by atoms with E-state index in [1.165, 1.54) is 73.7 Å². The number of benzene rings is 3. The molecule has 3 aromatic carbocycles. The number of piperidine rings is 1. The summed E-state index contributed by atoms with van der Waals surface area (Å²) >= 11 is 0. The number of carbonyl (C=O) groups excluding carboxylic acids is 3. The molecule has 0 bridgehead atoms. The van der Waals surface area contributed by atoms with Crippen LogP contribution in [0.15, 0.2) is 72.8 Å². The minimum absolute atomic E-state index is 0.00402. The van der Waals surface area contributed by atoms with E-state index in [4.69, 9.17) is 0 Å². The van der Waals surface area contributed by atoms with Crippen LogP contribution in [0.1, 0.15) is 46.0 Å². The van der Waals surface area contributed by atoms with E-state index in [1.807, 2.05) is 4.90 Å². The zero-order valence-corrected chi connectivity index (χ0v) is 21.9. The molecule has 10 heteroatoms. The van der Waals surface area contributed by atoms with E-state index >= 15 is 0 Å². The molecule has 6 nitrogen and oxygen atoms in total. The number of para-hydroxylation sites is 1. The molecule has 1 fully saturated rings. The minimum Gasteiger partial charge on any atom is -0.326 e. The van der Waals surface area contributed by atoms with Crippen LogP contribution in [0.4, 0.5) is 28.9 Å².